The number of esters is 1. The average Bonchev–Trinajstić information content (AvgIpc) is 3.30. The van der Waals surface area contributed by atoms with E-state index in [9.17, 15) is 4.79 Å². The number of benzene rings is 1. The lowest BCUT2D eigenvalue weighted by molar-refractivity contribution is 0.0526. The largest absolute Gasteiger partial charge is 0.497 e. The fraction of sp³-hybridized carbons (Fsp3) is 0.211. The van der Waals surface area contributed by atoms with E-state index in [1.807, 2.05) is 31.2 Å². The lowest BCUT2D eigenvalue weighted by Crippen LogP contribution is -2.11. The van der Waals surface area contributed by atoms with Gasteiger partial charge in [-0.25, -0.2) is 19.7 Å². The number of anilines is 2. The molecular weight excluding hydrogens is 392 g/mol. The summed E-state index contributed by atoms with van der Waals surface area (Å²) >= 11 is 1.48. The molecule has 3 heterocycles. The van der Waals surface area contributed by atoms with Crippen LogP contribution in [0.5, 0.6) is 5.75 Å². The van der Waals surface area contributed by atoms with Gasteiger partial charge >= 0.3 is 5.97 Å². The Morgan fingerprint density at radius 2 is 2.17 bits per heavy atom. The average molecular weight is 410 g/mol. The van der Waals surface area contributed by atoms with Gasteiger partial charge in [0.25, 0.3) is 0 Å². The van der Waals surface area contributed by atoms with Crippen LogP contribution in [-0.2, 0) is 4.74 Å². The van der Waals surface area contributed by atoms with Gasteiger partial charge in [0, 0.05) is 12.3 Å². The maximum atomic E-state index is 12.2. The van der Waals surface area contributed by atoms with Crippen LogP contribution in [0.25, 0.3) is 15.3 Å². The van der Waals surface area contributed by atoms with E-state index in [-0.39, 0.29) is 12.2 Å². The minimum atomic E-state index is -0.495. The lowest BCUT2D eigenvalue weighted by Gasteiger charge is -2.10. The molecular formula is C19H18N6O3S. The van der Waals surface area contributed by atoms with Crippen molar-refractivity contribution in [3.8, 4) is 10.9 Å². The van der Waals surface area contributed by atoms with Crippen molar-refractivity contribution in [3.63, 3.8) is 0 Å². The summed E-state index contributed by atoms with van der Waals surface area (Å²) < 4.78 is 13.0. The molecule has 0 aliphatic rings. The van der Waals surface area contributed by atoms with E-state index in [2.05, 4.69) is 25.4 Å². The molecule has 10 heteroatoms. The Labute approximate surface area is 170 Å². The van der Waals surface area contributed by atoms with Gasteiger partial charge in [-0.15, -0.1) is 0 Å². The summed E-state index contributed by atoms with van der Waals surface area (Å²) in [5, 5.41) is 8.37. The molecule has 29 heavy (non-hydrogen) atoms. The van der Waals surface area contributed by atoms with Crippen LogP contribution in [0.2, 0.25) is 0 Å². The van der Waals surface area contributed by atoms with Crippen LogP contribution < -0.4 is 10.1 Å². The number of carbonyl (C=O) groups excluding carboxylic acids is 1. The normalized spacial score (nSPS) is 10.9. The molecule has 3 aromatic heterocycles. The zero-order valence-electron chi connectivity index (χ0n) is 16.0. The number of fused-ring (bicyclic) bond motifs is 1. The van der Waals surface area contributed by atoms with Crippen molar-refractivity contribution >= 4 is 39.2 Å². The third-order valence-corrected chi connectivity index (χ3v) is 5.04. The topological polar surface area (TPSA) is 104 Å². The van der Waals surface area contributed by atoms with Gasteiger partial charge in [0.1, 0.15) is 29.3 Å². The van der Waals surface area contributed by atoms with Crippen molar-refractivity contribution in [1.82, 2.24) is 24.7 Å². The van der Waals surface area contributed by atoms with Gasteiger partial charge < -0.3 is 14.8 Å². The molecule has 1 aromatic carbocycles. The molecule has 148 valence electrons. The number of thiazole rings is 1. The van der Waals surface area contributed by atoms with E-state index < -0.39 is 5.97 Å². The van der Waals surface area contributed by atoms with Gasteiger partial charge in [0.2, 0.25) is 5.13 Å². The van der Waals surface area contributed by atoms with Gasteiger partial charge in [-0.05, 0) is 32.0 Å². The SMILES string of the molecule is CCOC(=O)c1cncnc1Nc1cc(C)nn1-c1nc2ccc(OC)cc2s1. The Balaban J connectivity index is 1.73. The Hall–Kier alpha value is -3.53. The Morgan fingerprint density at radius 3 is 2.97 bits per heavy atom. The number of methoxy groups -OCH3 is 1. The highest BCUT2D eigenvalue weighted by molar-refractivity contribution is 7.20. The van der Waals surface area contributed by atoms with Crippen LogP contribution in [0, 0.1) is 6.92 Å². The molecule has 1 N–H and O–H groups in total. The summed E-state index contributed by atoms with van der Waals surface area (Å²) in [6.45, 7) is 3.89. The zero-order valence-corrected chi connectivity index (χ0v) is 16.9. The highest BCUT2D eigenvalue weighted by Crippen LogP contribution is 2.31. The summed E-state index contributed by atoms with van der Waals surface area (Å²) in [5.74, 6) is 1.23. The summed E-state index contributed by atoms with van der Waals surface area (Å²) in [7, 11) is 1.63. The molecule has 0 saturated heterocycles. The van der Waals surface area contributed by atoms with Gasteiger partial charge in [0.05, 0.1) is 29.6 Å². The lowest BCUT2D eigenvalue weighted by atomic mass is 10.3. The number of hydrogen-bond acceptors (Lipinski definition) is 9. The molecule has 0 unspecified atom stereocenters. The number of carbonyl (C=O) groups is 1. The van der Waals surface area contributed by atoms with Crippen LogP contribution in [0.1, 0.15) is 23.0 Å². The van der Waals surface area contributed by atoms with Crippen molar-refractivity contribution in [3.05, 3.63) is 48.0 Å². The third kappa shape index (κ3) is 3.74. The third-order valence-electron chi connectivity index (χ3n) is 4.05. The maximum Gasteiger partial charge on any atom is 0.343 e. The van der Waals surface area contributed by atoms with Gasteiger partial charge in [0.15, 0.2) is 0 Å². The first-order valence-corrected chi connectivity index (χ1v) is 9.66. The number of aromatic nitrogens is 5. The number of rotatable bonds is 6. The molecule has 4 aromatic rings. The van der Waals surface area contributed by atoms with Crippen molar-refractivity contribution in [2.75, 3.05) is 19.0 Å². The second-order valence-corrected chi connectivity index (χ2v) is 7.05. The van der Waals surface area contributed by atoms with Crippen molar-refractivity contribution in [1.29, 1.82) is 0 Å². The molecule has 9 nitrogen and oxygen atoms in total. The summed E-state index contributed by atoms with van der Waals surface area (Å²) in [6.07, 6.45) is 2.79. The van der Waals surface area contributed by atoms with Gasteiger partial charge in [-0.3, -0.25) is 0 Å². The number of nitrogens with one attached hydrogen (secondary N) is 1. The first kappa shape index (κ1) is 18.8. The van der Waals surface area contributed by atoms with E-state index >= 15 is 0 Å². The van der Waals surface area contributed by atoms with E-state index in [4.69, 9.17) is 9.47 Å². The summed E-state index contributed by atoms with van der Waals surface area (Å²) in [5.41, 5.74) is 1.88. The Kier molecular flexibility index (Phi) is 5.09. The second-order valence-electron chi connectivity index (χ2n) is 6.04. The number of hydrogen-bond donors (Lipinski definition) is 1. The van der Waals surface area contributed by atoms with Crippen LogP contribution in [0.3, 0.4) is 0 Å². The van der Waals surface area contributed by atoms with E-state index in [1.54, 1.807) is 18.7 Å². The maximum absolute atomic E-state index is 12.2. The van der Waals surface area contributed by atoms with E-state index in [0.29, 0.717) is 16.8 Å². The van der Waals surface area contributed by atoms with E-state index in [1.165, 1.54) is 23.9 Å². The molecule has 0 saturated carbocycles. The zero-order chi connectivity index (χ0) is 20.4. The molecule has 0 radical (unpaired) electrons. The molecule has 0 atom stereocenters. The molecule has 0 amide bonds. The van der Waals surface area contributed by atoms with Crippen molar-refractivity contribution in [2.45, 2.75) is 13.8 Å². The van der Waals surface area contributed by atoms with Gasteiger partial charge in [-0.2, -0.15) is 9.78 Å². The quantitative estimate of drug-likeness (QED) is 0.482. The summed E-state index contributed by atoms with van der Waals surface area (Å²) in [4.78, 5) is 25.0. The smallest absolute Gasteiger partial charge is 0.343 e. The standard InChI is InChI=1S/C19H18N6O3S/c1-4-28-18(26)13-9-20-10-21-17(13)23-16-7-11(2)24-25(16)19-22-14-6-5-12(27-3)8-15(14)29-19/h5-10H,4H2,1-3H3,(H,20,21,23). The second kappa shape index (κ2) is 7.84. The molecule has 0 bridgehead atoms. The molecule has 0 spiro atoms. The minimum absolute atomic E-state index is 0.244. The monoisotopic (exact) mass is 410 g/mol. The highest BCUT2D eigenvalue weighted by atomic mass is 32.1. The van der Waals surface area contributed by atoms with Gasteiger partial charge in [-0.1, -0.05) is 11.3 Å². The first-order chi connectivity index (χ1) is 14.1. The van der Waals surface area contributed by atoms with Crippen LogP contribution in [0.15, 0.2) is 36.8 Å². The van der Waals surface area contributed by atoms with Crippen LogP contribution in [0.4, 0.5) is 11.6 Å². The highest BCUT2D eigenvalue weighted by Gasteiger charge is 2.18. The van der Waals surface area contributed by atoms with Crippen molar-refractivity contribution in [2.24, 2.45) is 0 Å². The molecule has 0 fully saturated rings. The first-order valence-electron chi connectivity index (χ1n) is 8.84. The predicted octanol–water partition coefficient (Wildman–Crippen LogP) is 3.51. The number of aryl methyl sites for hydroxylation is 1. The van der Waals surface area contributed by atoms with E-state index in [0.717, 1.165) is 21.7 Å². The van der Waals surface area contributed by atoms with Crippen LogP contribution >= 0.6 is 11.3 Å². The Bertz CT molecular complexity index is 1190. The summed E-state index contributed by atoms with van der Waals surface area (Å²) in [6, 6.07) is 7.56. The molecule has 4 rings (SSSR count). The molecule has 0 aliphatic carbocycles. The van der Waals surface area contributed by atoms with Crippen molar-refractivity contribution < 1.29 is 14.3 Å². The van der Waals surface area contributed by atoms with Crippen LogP contribution in [-0.4, -0.2) is 44.4 Å². The Morgan fingerprint density at radius 1 is 1.31 bits per heavy atom. The molecule has 0 aliphatic heterocycles. The predicted molar refractivity (Wildman–Crippen MR) is 109 cm³/mol. The fourth-order valence-corrected chi connectivity index (χ4v) is 3.71. The fourth-order valence-electron chi connectivity index (χ4n) is 2.75. The minimum Gasteiger partial charge on any atom is -0.497 e. The number of nitrogens with zero attached hydrogens (tertiary/aromatic N) is 5. The number of ether oxygens (including phenoxy) is 2.